The standard InChI is InChI=1S/C8H7Cl2N3/c9-6-3-5(4-13-8(6)10)7(12)1-2-11/h3-4,7H,1,12H2. The molecule has 1 aromatic rings. The molecule has 3 nitrogen and oxygen atoms in total. The Hall–Kier alpha value is -0.820. The Bertz CT molecular complexity index is 346. The van der Waals surface area contributed by atoms with Crippen LogP contribution in [0.1, 0.15) is 18.0 Å². The van der Waals surface area contributed by atoms with Crippen LogP contribution in [0, 0.1) is 11.3 Å². The van der Waals surface area contributed by atoms with Crippen LogP contribution < -0.4 is 5.73 Å². The molecule has 0 saturated heterocycles. The van der Waals surface area contributed by atoms with Gasteiger partial charge in [0.05, 0.1) is 17.5 Å². The summed E-state index contributed by atoms with van der Waals surface area (Å²) in [5.74, 6) is 0. The molecular formula is C8H7Cl2N3. The Kier molecular flexibility index (Phi) is 3.49. The fourth-order valence-corrected chi connectivity index (χ4v) is 1.13. The molecule has 1 heterocycles. The number of hydrogen-bond donors (Lipinski definition) is 1. The van der Waals surface area contributed by atoms with E-state index in [1.807, 2.05) is 6.07 Å². The Morgan fingerprint density at radius 3 is 2.85 bits per heavy atom. The topological polar surface area (TPSA) is 62.7 Å². The van der Waals surface area contributed by atoms with Gasteiger partial charge in [-0.1, -0.05) is 23.2 Å². The molecule has 5 heteroatoms. The van der Waals surface area contributed by atoms with Crippen LogP contribution in [-0.2, 0) is 0 Å². The van der Waals surface area contributed by atoms with E-state index in [-0.39, 0.29) is 17.6 Å². The Labute approximate surface area is 86.1 Å². The summed E-state index contributed by atoms with van der Waals surface area (Å²) < 4.78 is 0. The van der Waals surface area contributed by atoms with E-state index < -0.39 is 0 Å². The number of hydrogen-bond acceptors (Lipinski definition) is 3. The molecule has 1 unspecified atom stereocenters. The van der Waals surface area contributed by atoms with Gasteiger partial charge in [0, 0.05) is 12.2 Å². The summed E-state index contributed by atoms with van der Waals surface area (Å²) >= 11 is 11.3. The van der Waals surface area contributed by atoms with Gasteiger partial charge in [-0.25, -0.2) is 4.98 Å². The molecule has 0 amide bonds. The number of nitrogens with two attached hydrogens (primary N) is 1. The average molecular weight is 216 g/mol. The van der Waals surface area contributed by atoms with Crippen LogP contribution in [0.5, 0.6) is 0 Å². The fourth-order valence-electron chi connectivity index (χ4n) is 0.855. The SMILES string of the molecule is N#CCC(N)c1cnc(Cl)c(Cl)c1. The summed E-state index contributed by atoms with van der Waals surface area (Å²) in [6.45, 7) is 0. The highest BCUT2D eigenvalue weighted by molar-refractivity contribution is 6.41. The quantitative estimate of drug-likeness (QED) is 0.771. The van der Waals surface area contributed by atoms with E-state index in [9.17, 15) is 0 Å². The minimum atomic E-state index is -0.354. The van der Waals surface area contributed by atoms with Gasteiger partial charge >= 0.3 is 0 Å². The molecule has 1 aromatic heterocycles. The van der Waals surface area contributed by atoms with Crippen LogP contribution in [-0.4, -0.2) is 4.98 Å². The van der Waals surface area contributed by atoms with E-state index in [1.54, 1.807) is 6.07 Å². The smallest absolute Gasteiger partial charge is 0.147 e. The van der Waals surface area contributed by atoms with Crippen molar-refractivity contribution in [3.05, 3.63) is 28.0 Å². The maximum atomic E-state index is 8.41. The van der Waals surface area contributed by atoms with E-state index in [4.69, 9.17) is 34.2 Å². The summed E-state index contributed by atoms with van der Waals surface area (Å²) in [6, 6.07) is 3.24. The Morgan fingerprint density at radius 2 is 2.31 bits per heavy atom. The first-order valence-corrected chi connectivity index (χ1v) is 4.34. The molecule has 0 spiro atoms. The summed E-state index contributed by atoms with van der Waals surface area (Å²) in [4.78, 5) is 3.83. The number of nitriles is 1. The van der Waals surface area contributed by atoms with Crippen molar-refractivity contribution in [3.63, 3.8) is 0 Å². The zero-order chi connectivity index (χ0) is 9.84. The zero-order valence-electron chi connectivity index (χ0n) is 6.67. The van der Waals surface area contributed by atoms with Crippen LogP contribution in [0.3, 0.4) is 0 Å². The number of nitrogens with zero attached hydrogens (tertiary/aromatic N) is 2. The van der Waals surface area contributed by atoms with E-state index >= 15 is 0 Å². The highest BCUT2D eigenvalue weighted by Crippen LogP contribution is 2.23. The van der Waals surface area contributed by atoms with Crippen molar-refractivity contribution in [3.8, 4) is 6.07 Å². The van der Waals surface area contributed by atoms with Crippen molar-refractivity contribution in [2.24, 2.45) is 5.73 Å². The summed E-state index contributed by atoms with van der Waals surface area (Å²) in [7, 11) is 0. The number of pyridine rings is 1. The van der Waals surface area contributed by atoms with Gasteiger partial charge in [0.1, 0.15) is 5.15 Å². The first-order valence-electron chi connectivity index (χ1n) is 3.58. The van der Waals surface area contributed by atoms with E-state index in [1.165, 1.54) is 6.20 Å². The van der Waals surface area contributed by atoms with Crippen molar-refractivity contribution in [2.75, 3.05) is 0 Å². The van der Waals surface area contributed by atoms with Gasteiger partial charge in [0.15, 0.2) is 0 Å². The monoisotopic (exact) mass is 215 g/mol. The minimum Gasteiger partial charge on any atom is -0.323 e. The minimum absolute atomic E-state index is 0.236. The van der Waals surface area contributed by atoms with Gasteiger partial charge in [-0.3, -0.25) is 0 Å². The van der Waals surface area contributed by atoms with Gasteiger partial charge < -0.3 is 5.73 Å². The molecule has 0 aliphatic heterocycles. The van der Waals surface area contributed by atoms with Gasteiger partial charge in [0.2, 0.25) is 0 Å². The largest absolute Gasteiger partial charge is 0.323 e. The molecular weight excluding hydrogens is 209 g/mol. The lowest BCUT2D eigenvalue weighted by Gasteiger charge is -2.07. The second-order valence-corrected chi connectivity index (χ2v) is 3.28. The number of aromatic nitrogens is 1. The summed E-state index contributed by atoms with van der Waals surface area (Å²) in [5, 5.41) is 9.01. The predicted octanol–water partition coefficient (Wildman–Crippen LogP) is 2.30. The van der Waals surface area contributed by atoms with Crippen LogP contribution in [0.15, 0.2) is 12.3 Å². The second kappa shape index (κ2) is 4.43. The first kappa shape index (κ1) is 10.3. The Morgan fingerprint density at radius 1 is 1.62 bits per heavy atom. The number of halogens is 2. The van der Waals surface area contributed by atoms with Gasteiger partial charge in [-0.05, 0) is 11.6 Å². The highest BCUT2D eigenvalue weighted by atomic mass is 35.5. The summed E-state index contributed by atoms with van der Waals surface area (Å²) in [6.07, 6.45) is 1.76. The highest BCUT2D eigenvalue weighted by Gasteiger charge is 2.08. The van der Waals surface area contributed by atoms with Crippen molar-refractivity contribution in [2.45, 2.75) is 12.5 Å². The molecule has 0 fully saturated rings. The first-order chi connectivity index (χ1) is 6.15. The molecule has 68 valence electrons. The van der Waals surface area contributed by atoms with E-state index in [0.29, 0.717) is 5.02 Å². The molecule has 13 heavy (non-hydrogen) atoms. The van der Waals surface area contributed by atoms with Crippen molar-refractivity contribution in [1.82, 2.24) is 4.98 Å². The Balaban J connectivity index is 2.91. The predicted molar refractivity (Wildman–Crippen MR) is 51.4 cm³/mol. The van der Waals surface area contributed by atoms with Crippen LogP contribution >= 0.6 is 23.2 Å². The van der Waals surface area contributed by atoms with E-state index in [2.05, 4.69) is 4.98 Å². The van der Waals surface area contributed by atoms with Gasteiger partial charge in [-0.2, -0.15) is 5.26 Å². The van der Waals surface area contributed by atoms with Crippen molar-refractivity contribution >= 4 is 23.2 Å². The van der Waals surface area contributed by atoms with Crippen molar-refractivity contribution < 1.29 is 0 Å². The van der Waals surface area contributed by atoms with Gasteiger partial charge in [0.25, 0.3) is 0 Å². The molecule has 0 aromatic carbocycles. The average Bonchev–Trinajstić information content (AvgIpc) is 2.10. The molecule has 0 bridgehead atoms. The fraction of sp³-hybridized carbons (Fsp3) is 0.250. The maximum absolute atomic E-state index is 8.41. The molecule has 0 saturated carbocycles. The molecule has 0 aliphatic rings. The lowest BCUT2D eigenvalue weighted by atomic mass is 10.1. The van der Waals surface area contributed by atoms with Gasteiger partial charge in [-0.15, -0.1) is 0 Å². The van der Waals surface area contributed by atoms with E-state index in [0.717, 1.165) is 5.56 Å². The lowest BCUT2D eigenvalue weighted by molar-refractivity contribution is 0.744. The van der Waals surface area contributed by atoms with Crippen LogP contribution in [0.4, 0.5) is 0 Å². The van der Waals surface area contributed by atoms with Crippen LogP contribution in [0.2, 0.25) is 10.2 Å². The zero-order valence-corrected chi connectivity index (χ0v) is 8.18. The third-order valence-corrected chi connectivity index (χ3v) is 2.24. The summed E-state index contributed by atoms with van der Waals surface area (Å²) in [5.41, 5.74) is 6.38. The van der Waals surface area contributed by atoms with Crippen molar-refractivity contribution in [1.29, 1.82) is 5.26 Å². The second-order valence-electron chi connectivity index (χ2n) is 2.51. The molecule has 0 aliphatic carbocycles. The lowest BCUT2D eigenvalue weighted by Crippen LogP contribution is -2.09. The van der Waals surface area contributed by atoms with Crippen LogP contribution in [0.25, 0.3) is 0 Å². The normalized spacial score (nSPS) is 12.2. The molecule has 2 N–H and O–H groups in total. The maximum Gasteiger partial charge on any atom is 0.147 e. The third-order valence-electron chi connectivity index (χ3n) is 1.56. The molecule has 1 atom stereocenters. The molecule has 0 radical (unpaired) electrons. The third kappa shape index (κ3) is 2.56. The number of rotatable bonds is 2. The molecule has 1 rings (SSSR count).